The number of carboxylic acid groups (broad SMARTS) is 1. The molecule has 1 aromatic carbocycles. The first-order valence-electron chi connectivity index (χ1n) is 4.40. The predicted molar refractivity (Wildman–Crippen MR) is 59.4 cm³/mol. The summed E-state index contributed by atoms with van der Waals surface area (Å²) in [4.78, 5) is 10.4. The highest BCUT2D eigenvalue weighted by molar-refractivity contribution is 9.10. The standard InChI is InChI=1S/C10H12BrNO3/c11-8-3-1-2-7(4-8)5-15-6-9(12)10(13)14/h1-4,9H,5-6,12H2,(H,13,14). The second-order valence-electron chi connectivity index (χ2n) is 3.09. The topological polar surface area (TPSA) is 72.5 Å². The third kappa shape index (κ3) is 4.42. The molecule has 0 aliphatic carbocycles. The normalized spacial score (nSPS) is 12.4. The molecule has 1 atom stereocenters. The molecule has 5 heteroatoms. The van der Waals surface area contributed by atoms with Gasteiger partial charge in [0, 0.05) is 4.47 Å². The minimum atomic E-state index is -1.05. The Labute approximate surface area is 96.2 Å². The van der Waals surface area contributed by atoms with Crippen molar-refractivity contribution in [3.63, 3.8) is 0 Å². The molecule has 1 unspecified atom stereocenters. The van der Waals surface area contributed by atoms with Crippen molar-refractivity contribution in [1.82, 2.24) is 0 Å². The highest BCUT2D eigenvalue weighted by Crippen LogP contribution is 2.12. The number of aliphatic carboxylic acids is 1. The zero-order valence-corrected chi connectivity index (χ0v) is 9.61. The first kappa shape index (κ1) is 12.2. The Morgan fingerprint density at radius 3 is 2.93 bits per heavy atom. The third-order valence-electron chi connectivity index (χ3n) is 1.77. The molecule has 15 heavy (non-hydrogen) atoms. The van der Waals surface area contributed by atoms with E-state index in [1.165, 1.54) is 0 Å². The molecule has 3 N–H and O–H groups in total. The molecular weight excluding hydrogens is 262 g/mol. The second-order valence-corrected chi connectivity index (χ2v) is 4.01. The van der Waals surface area contributed by atoms with Crippen LogP contribution in [-0.4, -0.2) is 23.7 Å². The molecule has 0 aliphatic heterocycles. The number of ether oxygens (including phenoxy) is 1. The van der Waals surface area contributed by atoms with E-state index in [1.807, 2.05) is 24.3 Å². The molecule has 82 valence electrons. The Morgan fingerprint density at radius 1 is 1.60 bits per heavy atom. The number of carbonyl (C=O) groups is 1. The van der Waals surface area contributed by atoms with Gasteiger partial charge >= 0.3 is 5.97 Å². The van der Waals surface area contributed by atoms with E-state index < -0.39 is 12.0 Å². The van der Waals surface area contributed by atoms with Gasteiger partial charge in [0.25, 0.3) is 0 Å². The van der Waals surface area contributed by atoms with Gasteiger partial charge in [0.2, 0.25) is 0 Å². The number of rotatable bonds is 5. The van der Waals surface area contributed by atoms with Crippen molar-refractivity contribution >= 4 is 21.9 Å². The van der Waals surface area contributed by atoms with Gasteiger partial charge in [-0.05, 0) is 17.7 Å². The summed E-state index contributed by atoms with van der Waals surface area (Å²) < 4.78 is 6.14. The third-order valence-corrected chi connectivity index (χ3v) is 2.27. The molecule has 0 aliphatic rings. The fraction of sp³-hybridized carbons (Fsp3) is 0.300. The molecule has 0 amide bonds. The van der Waals surface area contributed by atoms with Crippen molar-refractivity contribution < 1.29 is 14.6 Å². The zero-order valence-electron chi connectivity index (χ0n) is 8.02. The van der Waals surface area contributed by atoms with Gasteiger partial charge in [-0.25, -0.2) is 0 Å². The van der Waals surface area contributed by atoms with E-state index in [1.54, 1.807) is 0 Å². The Balaban J connectivity index is 2.35. The van der Waals surface area contributed by atoms with E-state index in [2.05, 4.69) is 15.9 Å². The van der Waals surface area contributed by atoms with Crippen LogP contribution < -0.4 is 5.73 Å². The quantitative estimate of drug-likeness (QED) is 0.850. The highest BCUT2D eigenvalue weighted by atomic mass is 79.9. The molecule has 4 nitrogen and oxygen atoms in total. The van der Waals surface area contributed by atoms with Gasteiger partial charge in [0.15, 0.2) is 0 Å². The van der Waals surface area contributed by atoms with Gasteiger partial charge in [0.05, 0.1) is 13.2 Å². The average Bonchev–Trinajstić information content (AvgIpc) is 2.17. The van der Waals surface area contributed by atoms with Crippen LogP contribution in [-0.2, 0) is 16.1 Å². The Hall–Kier alpha value is -0.910. The Bertz CT molecular complexity index is 343. The fourth-order valence-corrected chi connectivity index (χ4v) is 1.45. The van der Waals surface area contributed by atoms with Crippen LogP contribution in [0.25, 0.3) is 0 Å². The summed E-state index contributed by atoms with van der Waals surface area (Å²) in [5.41, 5.74) is 6.25. The van der Waals surface area contributed by atoms with Crippen molar-refractivity contribution in [2.75, 3.05) is 6.61 Å². The van der Waals surface area contributed by atoms with Crippen LogP contribution >= 0.6 is 15.9 Å². The van der Waals surface area contributed by atoms with Crippen LogP contribution in [0.2, 0.25) is 0 Å². The first-order valence-corrected chi connectivity index (χ1v) is 5.19. The Morgan fingerprint density at radius 2 is 2.33 bits per heavy atom. The highest BCUT2D eigenvalue weighted by Gasteiger charge is 2.10. The number of halogens is 1. The van der Waals surface area contributed by atoms with Crippen LogP contribution in [0.15, 0.2) is 28.7 Å². The van der Waals surface area contributed by atoms with Crippen LogP contribution in [0.1, 0.15) is 5.56 Å². The van der Waals surface area contributed by atoms with Gasteiger partial charge in [-0.2, -0.15) is 0 Å². The molecule has 0 heterocycles. The molecule has 1 rings (SSSR count). The summed E-state index contributed by atoms with van der Waals surface area (Å²) in [7, 11) is 0. The van der Waals surface area contributed by atoms with E-state index >= 15 is 0 Å². The number of hydrogen-bond donors (Lipinski definition) is 2. The molecule has 1 aromatic rings. The van der Waals surface area contributed by atoms with Gasteiger partial charge in [-0.3, -0.25) is 4.79 Å². The van der Waals surface area contributed by atoms with Gasteiger partial charge in [0.1, 0.15) is 6.04 Å². The van der Waals surface area contributed by atoms with Crippen LogP contribution in [0.5, 0.6) is 0 Å². The van der Waals surface area contributed by atoms with Gasteiger partial charge in [-0.1, -0.05) is 28.1 Å². The number of carboxylic acids is 1. The van der Waals surface area contributed by atoms with Crippen molar-refractivity contribution in [3.8, 4) is 0 Å². The number of hydrogen-bond acceptors (Lipinski definition) is 3. The fourth-order valence-electron chi connectivity index (χ4n) is 1.00. The molecule has 0 saturated carbocycles. The summed E-state index contributed by atoms with van der Waals surface area (Å²) in [6, 6.07) is 6.65. The summed E-state index contributed by atoms with van der Waals surface area (Å²) in [6.45, 7) is 0.377. The maximum atomic E-state index is 10.4. The lowest BCUT2D eigenvalue weighted by atomic mass is 10.2. The molecule has 0 radical (unpaired) electrons. The van der Waals surface area contributed by atoms with E-state index in [0.717, 1.165) is 10.0 Å². The molecule has 0 bridgehead atoms. The van der Waals surface area contributed by atoms with Crippen molar-refractivity contribution in [1.29, 1.82) is 0 Å². The molecule has 0 fully saturated rings. The van der Waals surface area contributed by atoms with Gasteiger partial charge in [-0.15, -0.1) is 0 Å². The molecule has 0 spiro atoms. The summed E-state index contributed by atoms with van der Waals surface area (Å²) in [5.74, 6) is -1.05. The second kappa shape index (κ2) is 5.85. The average molecular weight is 274 g/mol. The minimum Gasteiger partial charge on any atom is -0.480 e. The predicted octanol–water partition coefficient (Wildman–Crippen LogP) is 1.38. The lowest BCUT2D eigenvalue weighted by molar-refractivity contribution is -0.140. The minimum absolute atomic E-state index is 0.0157. The van der Waals surface area contributed by atoms with E-state index in [9.17, 15) is 4.79 Å². The lowest BCUT2D eigenvalue weighted by Gasteiger charge is -2.07. The van der Waals surface area contributed by atoms with E-state index in [4.69, 9.17) is 15.6 Å². The maximum Gasteiger partial charge on any atom is 0.322 e. The van der Waals surface area contributed by atoms with E-state index in [-0.39, 0.29) is 6.61 Å². The van der Waals surface area contributed by atoms with Crippen LogP contribution in [0.3, 0.4) is 0 Å². The monoisotopic (exact) mass is 273 g/mol. The molecular formula is C10H12BrNO3. The molecule has 0 saturated heterocycles. The zero-order chi connectivity index (χ0) is 11.3. The lowest BCUT2D eigenvalue weighted by Crippen LogP contribution is -2.34. The number of benzene rings is 1. The molecule has 0 aromatic heterocycles. The first-order chi connectivity index (χ1) is 7.09. The smallest absolute Gasteiger partial charge is 0.322 e. The van der Waals surface area contributed by atoms with Crippen molar-refractivity contribution in [2.24, 2.45) is 5.73 Å². The van der Waals surface area contributed by atoms with E-state index in [0.29, 0.717) is 6.61 Å². The Kier molecular flexibility index (Phi) is 4.74. The number of nitrogens with two attached hydrogens (primary N) is 1. The SMILES string of the molecule is NC(COCc1cccc(Br)c1)C(=O)O. The van der Waals surface area contributed by atoms with Crippen molar-refractivity contribution in [3.05, 3.63) is 34.3 Å². The maximum absolute atomic E-state index is 10.4. The van der Waals surface area contributed by atoms with Crippen molar-refractivity contribution in [2.45, 2.75) is 12.6 Å². The summed E-state index contributed by atoms with van der Waals surface area (Å²) in [6.07, 6.45) is 0. The largest absolute Gasteiger partial charge is 0.480 e. The van der Waals surface area contributed by atoms with Crippen LogP contribution in [0, 0.1) is 0 Å². The summed E-state index contributed by atoms with van der Waals surface area (Å²) >= 11 is 3.33. The summed E-state index contributed by atoms with van der Waals surface area (Å²) in [5, 5.41) is 8.51. The van der Waals surface area contributed by atoms with Crippen LogP contribution in [0.4, 0.5) is 0 Å². The van der Waals surface area contributed by atoms with Gasteiger partial charge < -0.3 is 15.6 Å².